The second-order valence-electron chi connectivity index (χ2n) is 5.44. The van der Waals surface area contributed by atoms with Gasteiger partial charge in [-0.2, -0.15) is 5.10 Å². The fourth-order valence-electron chi connectivity index (χ4n) is 2.33. The van der Waals surface area contributed by atoms with E-state index in [1.54, 1.807) is 36.4 Å². The fourth-order valence-corrected chi connectivity index (χ4v) is 2.33. The largest absolute Gasteiger partial charge is 0.494 e. The van der Waals surface area contributed by atoms with E-state index in [1.807, 2.05) is 6.92 Å². The molecule has 1 N–H and O–H groups in total. The molecular formula is C20H24N2O6. The molecule has 0 radical (unpaired) electrons. The van der Waals surface area contributed by atoms with Crippen molar-refractivity contribution in [1.29, 1.82) is 0 Å². The van der Waals surface area contributed by atoms with Crippen molar-refractivity contribution in [2.24, 2.45) is 5.10 Å². The number of methoxy groups -OCH3 is 3. The van der Waals surface area contributed by atoms with Gasteiger partial charge in [-0.3, -0.25) is 4.79 Å². The summed E-state index contributed by atoms with van der Waals surface area (Å²) in [6, 6.07) is 10.5. The molecule has 2 aromatic carbocycles. The molecule has 0 aliphatic heterocycles. The zero-order chi connectivity index (χ0) is 20.4. The van der Waals surface area contributed by atoms with Crippen LogP contribution in [0, 0.1) is 0 Å². The van der Waals surface area contributed by atoms with Gasteiger partial charge in [0, 0.05) is 5.56 Å². The summed E-state index contributed by atoms with van der Waals surface area (Å²) < 4.78 is 26.6. The molecule has 0 saturated heterocycles. The Hall–Kier alpha value is -3.42. The van der Waals surface area contributed by atoms with Gasteiger partial charge < -0.3 is 23.7 Å². The van der Waals surface area contributed by atoms with Crippen LogP contribution in [0.2, 0.25) is 0 Å². The summed E-state index contributed by atoms with van der Waals surface area (Å²) in [5.41, 5.74) is 3.07. The van der Waals surface area contributed by atoms with Gasteiger partial charge in [0.1, 0.15) is 11.5 Å². The molecule has 2 rings (SSSR count). The van der Waals surface area contributed by atoms with Gasteiger partial charge >= 0.3 is 0 Å². The quantitative estimate of drug-likeness (QED) is 0.497. The van der Waals surface area contributed by atoms with Gasteiger partial charge in [-0.05, 0) is 43.3 Å². The molecule has 0 unspecified atom stereocenters. The van der Waals surface area contributed by atoms with Gasteiger partial charge in [0.25, 0.3) is 5.91 Å². The lowest BCUT2D eigenvalue weighted by Gasteiger charge is -2.12. The lowest BCUT2D eigenvalue weighted by molar-refractivity contribution is -0.123. The van der Waals surface area contributed by atoms with Crippen LogP contribution in [-0.4, -0.2) is 46.7 Å². The third-order valence-electron chi connectivity index (χ3n) is 3.59. The molecule has 0 fully saturated rings. The van der Waals surface area contributed by atoms with Gasteiger partial charge in [-0.1, -0.05) is 0 Å². The smallest absolute Gasteiger partial charge is 0.277 e. The fraction of sp³-hybridized carbons (Fsp3) is 0.300. The number of amides is 1. The zero-order valence-electron chi connectivity index (χ0n) is 16.4. The SMILES string of the molecule is CCOc1ccc(OCC(=O)N/N=C/c2cc(OC)c(OC)c(OC)c2)cc1. The number of hydrazone groups is 1. The minimum atomic E-state index is -0.391. The van der Waals surface area contributed by atoms with Crippen molar-refractivity contribution < 1.29 is 28.5 Å². The second-order valence-corrected chi connectivity index (χ2v) is 5.44. The first kappa shape index (κ1) is 20.9. The number of hydrogen-bond donors (Lipinski definition) is 1. The summed E-state index contributed by atoms with van der Waals surface area (Å²) in [4.78, 5) is 11.9. The summed E-state index contributed by atoms with van der Waals surface area (Å²) in [6.07, 6.45) is 1.47. The summed E-state index contributed by atoms with van der Waals surface area (Å²) >= 11 is 0. The second kappa shape index (κ2) is 10.7. The lowest BCUT2D eigenvalue weighted by Crippen LogP contribution is -2.24. The number of hydrogen-bond acceptors (Lipinski definition) is 7. The van der Waals surface area contributed by atoms with Crippen molar-refractivity contribution in [3.63, 3.8) is 0 Å². The van der Waals surface area contributed by atoms with Crippen molar-refractivity contribution in [2.45, 2.75) is 6.92 Å². The van der Waals surface area contributed by atoms with Gasteiger partial charge in [0.05, 0.1) is 34.2 Å². The Morgan fingerprint density at radius 2 is 1.54 bits per heavy atom. The Balaban J connectivity index is 1.90. The molecule has 0 saturated carbocycles. The number of ether oxygens (including phenoxy) is 5. The minimum absolute atomic E-state index is 0.166. The van der Waals surface area contributed by atoms with E-state index in [1.165, 1.54) is 27.5 Å². The molecule has 0 aliphatic carbocycles. The summed E-state index contributed by atoms with van der Waals surface area (Å²) in [5, 5.41) is 3.92. The van der Waals surface area contributed by atoms with E-state index in [0.717, 1.165) is 5.75 Å². The first-order valence-corrected chi connectivity index (χ1v) is 8.58. The van der Waals surface area contributed by atoms with Crippen LogP contribution in [0.4, 0.5) is 0 Å². The highest BCUT2D eigenvalue weighted by Gasteiger charge is 2.12. The highest BCUT2D eigenvalue weighted by Crippen LogP contribution is 2.37. The zero-order valence-corrected chi connectivity index (χ0v) is 16.4. The average Bonchev–Trinajstić information content (AvgIpc) is 2.72. The van der Waals surface area contributed by atoms with Crippen molar-refractivity contribution in [2.75, 3.05) is 34.5 Å². The molecular weight excluding hydrogens is 364 g/mol. The van der Waals surface area contributed by atoms with Crippen LogP contribution in [-0.2, 0) is 4.79 Å². The third kappa shape index (κ3) is 5.80. The average molecular weight is 388 g/mol. The van der Waals surface area contributed by atoms with Crippen LogP contribution in [0.15, 0.2) is 41.5 Å². The highest BCUT2D eigenvalue weighted by molar-refractivity contribution is 5.84. The summed E-state index contributed by atoms with van der Waals surface area (Å²) in [5.74, 6) is 2.39. The van der Waals surface area contributed by atoms with E-state index < -0.39 is 5.91 Å². The van der Waals surface area contributed by atoms with E-state index in [9.17, 15) is 4.79 Å². The minimum Gasteiger partial charge on any atom is -0.494 e. The van der Waals surface area contributed by atoms with Gasteiger partial charge in [-0.15, -0.1) is 0 Å². The van der Waals surface area contributed by atoms with Crippen molar-refractivity contribution >= 4 is 12.1 Å². The lowest BCUT2D eigenvalue weighted by atomic mass is 10.2. The maximum absolute atomic E-state index is 11.9. The summed E-state index contributed by atoms with van der Waals surface area (Å²) in [7, 11) is 4.58. The van der Waals surface area contributed by atoms with Crippen LogP contribution in [0.3, 0.4) is 0 Å². The van der Waals surface area contributed by atoms with Crippen molar-refractivity contribution in [3.05, 3.63) is 42.0 Å². The molecule has 2 aromatic rings. The van der Waals surface area contributed by atoms with Crippen molar-refractivity contribution in [3.8, 4) is 28.7 Å². The molecule has 0 aliphatic rings. The Morgan fingerprint density at radius 1 is 0.964 bits per heavy atom. The molecule has 8 heteroatoms. The third-order valence-corrected chi connectivity index (χ3v) is 3.59. The molecule has 28 heavy (non-hydrogen) atoms. The number of nitrogens with zero attached hydrogens (tertiary/aromatic N) is 1. The molecule has 1 amide bonds. The van der Waals surface area contributed by atoms with Crippen LogP contribution in [0.5, 0.6) is 28.7 Å². The number of nitrogens with one attached hydrogen (secondary N) is 1. The van der Waals surface area contributed by atoms with Crippen molar-refractivity contribution in [1.82, 2.24) is 5.43 Å². The van der Waals surface area contributed by atoms with Crippen LogP contribution in [0.1, 0.15) is 12.5 Å². The molecule has 0 spiro atoms. The Morgan fingerprint density at radius 3 is 2.04 bits per heavy atom. The molecule has 0 atom stereocenters. The van der Waals surface area contributed by atoms with E-state index in [-0.39, 0.29) is 6.61 Å². The number of rotatable bonds is 10. The highest BCUT2D eigenvalue weighted by atomic mass is 16.5. The topological polar surface area (TPSA) is 87.6 Å². The Bertz CT molecular complexity index is 780. The van der Waals surface area contributed by atoms with Gasteiger partial charge in [-0.25, -0.2) is 5.43 Å². The molecule has 150 valence electrons. The van der Waals surface area contributed by atoms with E-state index in [2.05, 4.69) is 10.5 Å². The maximum Gasteiger partial charge on any atom is 0.277 e. The maximum atomic E-state index is 11.9. The summed E-state index contributed by atoms with van der Waals surface area (Å²) in [6.45, 7) is 2.33. The van der Waals surface area contributed by atoms with E-state index in [0.29, 0.717) is 35.2 Å². The van der Waals surface area contributed by atoms with Crippen LogP contribution < -0.4 is 29.1 Å². The van der Waals surface area contributed by atoms with Gasteiger partial charge in [0.15, 0.2) is 18.1 Å². The van der Waals surface area contributed by atoms with Crippen LogP contribution >= 0.6 is 0 Å². The predicted molar refractivity (Wildman–Crippen MR) is 105 cm³/mol. The van der Waals surface area contributed by atoms with Gasteiger partial charge in [0.2, 0.25) is 5.75 Å². The Kier molecular flexibility index (Phi) is 7.95. The molecule has 0 bridgehead atoms. The Labute approximate surface area is 164 Å². The standard InChI is InChI=1S/C20H24N2O6/c1-5-27-15-6-8-16(9-7-15)28-13-19(23)22-21-12-14-10-17(24-2)20(26-4)18(11-14)25-3/h6-12H,5,13H2,1-4H3,(H,22,23)/b21-12+. The predicted octanol–water partition coefficient (Wildman–Crippen LogP) is 2.64. The van der Waals surface area contributed by atoms with Crippen LogP contribution in [0.25, 0.3) is 0 Å². The van der Waals surface area contributed by atoms with E-state index >= 15 is 0 Å². The normalized spacial score (nSPS) is 10.4. The molecule has 0 aromatic heterocycles. The number of benzene rings is 2. The molecule has 8 nitrogen and oxygen atoms in total. The number of carbonyl (C=O) groups excluding carboxylic acids is 1. The monoisotopic (exact) mass is 388 g/mol. The first-order valence-electron chi connectivity index (χ1n) is 8.58. The van der Waals surface area contributed by atoms with E-state index in [4.69, 9.17) is 23.7 Å². The first-order chi connectivity index (χ1) is 13.6. The number of carbonyl (C=O) groups is 1. The molecule has 0 heterocycles.